The lowest BCUT2D eigenvalue weighted by molar-refractivity contribution is -0.126. The van der Waals surface area contributed by atoms with Gasteiger partial charge >= 0.3 is 0 Å². The Labute approximate surface area is 115 Å². The highest BCUT2D eigenvalue weighted by Gasteiger charge is 2.39. The Bertz CT molecular complexity index is 536. The number of rotatable bonds is 4. The van der Waals surface area contributed by atoms with Gasteiger partial charge in [-0.2, -0.15) is 5.26 Å². The highest BCUT2D eigenvalue weighted by Crippen LogP contribution is 2.28. The second-order valence-electron chi connectivity index (χ2n) is 4.17. The molecule has 6 heteroatoms. The SMILES string of the molecule is Cc1ccc(N[C@@H]2SC(=O)N(CCC#N)C2=O)cc1. The summed E-state index contributed by atoms with van der Waals surface area (Å²) in [5.41, 5.74) is 1.93. The van der Waals surface area contributed by atoms with Crippen LogP contribution in [0, 0.1) is 18.3 Å². The molecule has 98 valence electrons. The minimum Gasteiger partial charge on any atom is -0.365 e. The molecule has 1 atom stereocenters. The normalized spacial score (nSPS) is 18.5. The lowest BCUT2D eigenvalue weighted by Gasteiger charge is -2.13. The molecule has 0 radical (unpaired) electrons. The Kier molecular flexibility index (Phi) is 4.07. The molecule has 19 heavy (non-hydrogen) atoms. The van der Waals surface area contributed by atoms with Gasteiger partial charge < -0.3 is 5.32 Å². The first-order valence-corrected chi connectivity index (χ1v) is 6.72. The van der Waals surface area contributed by atoms with Crippen LogP contribution in [0.15, 0.2) is 24.3 Å². The molecule has 0 saturated carbocycles. The van der Waals surface area contributed by atoms with Gasteiger partial charge in [0, 0.05) is 12.2 Å². The molecule has 1 aromatic rings. The fraction of sp³-hybridized carbons (Fsp3) is 0.308. The van der Waals surface area contributed by atoms with Crippen LogP contribution in [0.25, 0.3) is 0 Å². The number of carbonyl (C=O) groups excluding carboxylic acids is 2. The summed E-state index contributed by atoms with van der Waals surface area (Å²) in [7, 11) is 0. The van der Waals surface area contributed by atoms with Crippen LogP contribution in [-0.4, -0.2) is 28.0 Å². The third-order valence-corrected chi connectivity index (χ3v) is 3.70. The van der Waals surface area contributed by atoms with E-state index in [4.69, 9.17) is 5.26 Å². The number of hydrogen-bond acceptors (Lipinski definition) is 5. The van der Waals surface area contributed by atoms with Crippen LogP contribution in [0.2, 0.25) is 0 Å². The number of amides is 2. The topological polar surface area (TPSA) is 73.2 Å². The van der Waals surface area contributed by atoms with Crippen molar-refractivity contribution in [1.29, 1.82) is 5.26 Å². The molecule has 1 fully saturated rings. The van der Waals surface area contributed by atoms with Crippen molar-refractivity contribution in [2.24, 2.45) is 0 Å². The summed E-state index contributed by atoms with van der Waals surface area (Å²) in [6.45, 7) is 2.14. The first-order chi connectivity index (χ1) is 9.11. The van der Waals surface area contributed by atoms with Crippen molar-refractivity contribution in [3.8, 4) is 6.07 Å². The van der Waals surface area contributed by atoms with Gasteiger partial charge in [0.15, 0.2) is 5.37 Å². The van der Waals surface area contributed by atoms with Gasteiger partial charge in [0.25, 0.3) is 11.1 Å². The van der Waals surface area contributed by atoms with Gasteiger partial charge in [-0.05, 0) is 30.8 Å². The predicted molar refractivity (Wildman–Crippen MR) is 73.5 cm³/mol. The third-order valence-electron chi connectivity index (χ3n) is 2.73. The van der Waals surface area contributed by atoms with Crippen molar-refractivity contribution in [3.63, 3.8) is 0 Å². The van der Waals surface area contributed by atoms with Gasteiger partial charge in [-0.3, -0.25) is 14.5 Å². The molecule has 0 aromatic heterocycles. The number of nitrogens with zero attached hydrogens (tertiary/aromatic N) is 2. The highest BCUT2D eigenvalue weighted by molar-refractivity contribution is 8.15. The van der Waals surface area contributed by atoms with Crippen molar-refractivity contribution >= 4 is 28.6 Å². The van der Waals surface area contributed by atoms with E-state index in [1.165, 1.54) is 0 Å². The fourth-order valence-corrected chi connectivity index (χ4v) is 2.64. The van der Waals surface area contributed by atoms with Crippen molar-refractivity contribution in [1.82, 2.24) is 4.90 Å². The molecule has 1 aromatic carbocycles. The molecule has 1 heterocycles. The standard InChI is InChI=1S/C13H13N3O2S/c1-9-3-5-10(6-4-9)15-11-12(17)16(8-2-7-14)13(18)19-11/h3-6,11,15H,2,8H2,1H3/t11-/m1/s1. The van der Waals surface area contributed by atoms with E-state index in [-0.39, 0.29) is 24.1 Å². The molecule has 5 nitrogen and oxygen atoms in total. The quantitative estimate of drug-likeness (QED) is 0.913. The van der Waals surface area contributed by atoms with Crippen LogP contribution >= 0.6 is 11.8 Å². The van der Waals surface area contributed by atoms with E-state index >= 15 is 0 Å². The smallest absolute Gasteiger partial charge is 0.290 e. The van der Waals surface area contributed by atoms with Crippen molar-refractivity contribution in [3.05, 3.63) is 29.8 Å². The van der Waals surface area contributed by atoms with Gasteiger partial charge in [0.2, 0.25) is 0 Å². The molecule has 0 spiro atoms. The second kappa shape index (κ2) is 5.76. The van der Waals surface area contributed by atoms with E-state index in [2.05, 4.69) is 5.32 Å². The summed E-state index contributed by atoms with van der Waals surface area (Å²) < 4.78 is 0. The second-order valence-corrected chi connectivity index (χ2v) is 5.23. The minimum atomic E-state index is -0.603. The van der Waals surface area contributed by atoms with Gasteiger partial charge in [-0.25, -0.2) is 0 Å². The van der Waals surface area contributed by atoms with Crippen LogP contribution < -0.4 is 5.32 Å². The van der Waals surface area contributed by atoms with Crippen molar-refractivity contribution < 1.29 is 9.59 Å². The van der Waals surface area contributed by atoms with E-state index in [0.29, 0.717) is 0 Å². The first kappa shape index (κ1) is 13.4. The first-order valence-electron chi connectivity index (χ1n) is 5.84. The summed E-state index contributed by atoms with van der Waals surface area (Å²) in [6.07, 6.45) is 0.162. The third kappa shape index (κ3) is 3.06. The summed E-state index contributed by atoms with van der Waals surface area (Å²) >= 11 is 0.948. The highest BCUT2D eigenvalue weighted by atomic mass is 32.2. The van der Waals surface area contributed by atoms with E-state index in [9.17, 15) is 9.59 Å². The summed E-state index contributed by atoms with van der Waals surface area (Å²) in [6, 6.07) is 9.53. The minimum absolute atomic E-state index is 0.160. The van der Waals surface area contributed by atoms with Crippen LogP contribution in [0.5, 0.6) is 0 Å². The molecule has 1 saturated heterocycles. The zero-order valence-corrected chi connectivity index (χ0v) is 11.2. The van der Waals surface area contributed by atoms with Crippen LogP contribution in [-0.2, 0) is 4.79 Å². The van der Waals surface area contributed by atoms with E-state index in [0.717, 1.165) is 27.9 Å². The number of hydrogen-bond donors (Lipinski definition) is 1. The molecule has 2 rings (SSSR count). The molecule has 0 unspecified atom stereocenters. The van der Waals surface area contributed by atoms with Gasteiger partial charge in [-0.15, -0.1) is 0 Å². The average Bonchev–Trinajstić information content (AvgIpc) is 2.65. The molecular formula is C13H13N3O2S. The molecule has 1 aliphatic rings. The Morgan fingerprint density at radius 2 is 2.05 bits per heavy atom. The largest absolute Gasteiger partial charge is 0.365 e. The number of carbonyl (C=O) groups is 2. The Hall–Kier alpha value is -2.00. The maximum atomic E-state index is 12.0. The summed E-state index contributed by atoms with van der Waals surface area (Å²) in [5.74, 6) is -0.286. The maximum absolute atomic E-state index is 12.0. The number of imide groups is 1. The fourth-order valence-electron chi connectivity index (χ4n) is 1.70. The molecular weight excluding hydrogens is 262 g/mol. The van der Waals surface area contributed by atoms with Gasteiger partial charge in [-0.1, -0.05) is 17.7 Å². The van der Waals surface area contributed by atoms with E-state index < -0.39 is 5.37 Å². The lowest BCUT2D eigenvalue weighted by Crippen LogP contribution is -2.34. The monoisotopic (exact) mass is 275 g/mol. The molecule has 0 aliphatic carbocycles. The molecule has 1 aliphatic heterocycles. The number of benzene rings is 1. The number of aryl methyl sites for hydroxylation is 1. The zero-order valence-electron chi connectivity index (χ0n) is 10.4. The van der Waals surface area contributed by atoms with E-state index in [1.807, 2.05) is 37.3 Å². The number of nitrogens with one attached hydrogen (secondary N) is 1. The number of anilines is 1. The predicted octanol–water partition coefficient (Wildman–Crippen LogP) is 2.34. The Morgan fingerprint density at radius 1 is 1.37 bits per heavy atom. The Balaban J connectivity index is 2.03. The Morgan fingerprint density at radius 3 is 2.68 bits per heavy atom. The summed E-state index contributed by atoms with van der Waals surface area (Å²) in [4.78, 5) is 24.8. The lowest BCUT2D eigenvalue weighted by atomic mass is 10.2. The van der Waals surface area contributed by atoms with Crippen molar-refractivity contribution in [2.75, 3.05) is 11.9 Å². The average molecular weight is 275 g/mol. The zero-order chi connectivity index (χ0) is 13.8. The van der Waals surface area contributed by atoms with Crippen LogP contribution in [0.4, 0.5) is 10.5 Å². The number of thioether (sulfide) groups is 1. The van der Waals surface area contributed by atoms with Crippen molar-refractivity contribution in [2.45, 2.75) is 18.7 Å². The maximum Gasteiger partial charge on any atom is 0.290 e. The molecule has 2 amide bonds. The molecule has 1 N–H and O–H groups in total. The molecule has 0 bridgehead atoms. The van der Waals surface area contributed by atoms with Gasteiger partial charge in [0.1, 0.15) is 0 Å². The summed E-state index contributed by atoms with van der Waals surface area (Å²) in [5, 5.41) is 10.6. The number of nitriles is 1. The van der Waals surface area contributed by atoms with Crippen LogP contribution in [0.1, 0.15) is 12.0 Å². The van der Waals surface area contributed by atoms with E-state index in [1.54, 1.807) is 0 Å². The van der Waals surface area contributed by atoms with Crippen LogP contribution in [0.3, 0.4) is 0 Å². The van der Waals surface area contributed by atoms with Gasteiger partial charge in [0.05, 0.1) is 12.5 Å².